The molecule has 0 aliphatic carbocycles. The van der Waals surface area contributed by atoms with Crippen LogP contribution in [0.5, 0.6) is 0 Å². The molecular weight excluding hydrogens is 260 g/mol. The molecule has 0 amide bonds. The van der Waals surface area contributed by atoms with Gasteiger partial charge in [0.1, 0.15) is 0 Å². The Kier molecular flexibility index (Phi) is 4.24. The highest BCUT2D eigenvalue weighted by Crippen LogP contribution is 2.24. The molecule has 1 aliphatic heterocycles. The second-order valence-corrected chi connectivity index (χ2v) is 5.43. The summed E-state index contributed by atoms with van der Waals surface area (Å²) in [5.74, 6) is 0. The van der Waals surface area contributed by atoms with E-state index in [4.69, 9.17) is 0 Å². The van der Waals surface area contributed by atoms with E-state index in [-0.39, 0.29) is 0 Å². The van der Waals surface area contributed by atoms with E-state index in [0.717, 1.165) is 17.1 Å². The van der Waals surface area contributed by atoms with Gasteiger partial charge in [-0.05, 0) is 49.6 Å². The van der Waals surface area contributed by atoms with Crippen molar-refractivity contribution < 1.29 is 0 Å². The van der Waals surface area contributed by atoms with Crippen LogP contribution in [-0.4, -0.2) is 25.1 Å². The molecule has 1 aromatic carbocycles. The third-order valence-electron chi connectivity index (χ3n) is 3.90. The van der Waals surface area contributed by atoms with Crippen molar-refractivity contribution in [2.45, 2.75) is 19.3 Å². The van der Waals surface area contributed by atoms with Gasteiger partial charge in [0.05, 0.1) is 23.8 Å². The van der Waals surface area contributed by atoms with E-state index in [0.29, 0.717) is 0 Å². The van der Waals surface area contributed by atoms with E-state index in [1.807, 2.05) is 25.5 Å². The highest BCUT2D eigenvalue weighted by molar-refractivity contribution is 5.65. The summed E-state index contributed by atoms with van der Waals surface area (Å²) in [6.45, 7) is 2.36. The molecule has 1 saturated heterocycles. The maximum Gasteiger partial charge on any atom is 0.0591 e. The van der Waals surface area contributed by atoms with E-state index >= 15 is 0 Å². The SMILES string of the molecule is CNc1cncc(Nc2ccc(N3CCCCC3)cc2)c1. The number of pyridine rings is 1. The number of nitrogens with one attached hydrogen (secondary N) is 2. The third kappa shape index (κ3) is 3.45. The van der Waals surface area contributed by atoms with Crippen molar-refractivity contribution in [3.63, 3.8) is 0 Å². The minimum Gasteiger partial charge on any atom is -0.387 e. The zero-order chi connectivity index (χ0) is 14.5. The van der Waals surface area contributed by atoms with Crippen molar-refractivity contribution >= 4 is 22.7 Å². The van der Waals surface area contributed by atoms with Gasteiger partial charge in [0.25, 0.3) is 0 Å². The predicted molar refractivity (Wildman–Crippen MR) is 89.6 cm³/mol. The summed E-state index contributed by atoms with van der Waals surface area (Å²) in [4.78, 5) is 6.68. The van der Waals surface area contributed by atoms with Crippen molar-refractivity contribution in [1.82, 2.24) is 4.98 Å². The number of benzene rings is 1. The van der Waals surface area contributed by atoms with Crippen LogP contribution in [0.2, 0.25) is 0 Å². The van der Waals surface area contributed by atoms with Crippen LogP contribution in [0, 0.1) is 0 Å². The summed E-state index contributed by atoms with van der Waals surface area (Å²) in [5, 5.41) is 6.48. The smallest absolute Gasteiger partial charge is 0.0591 e. The number of piperidine rings is 1. The van der Waals surface area contributed by atoms with Gasteiger partial charge in [0.2, 0.25) is 0 Å². The Balaban J connectivity index is 1.68. The molecule has 0 bridgehead atoms. The monoisotopic (exact) mass is 282 g/mol. The molecule has 0 saturated carbocycles. The molecule has 1 fully saturated rings. The van der Waals surface area contributed by atoms with Crippen LogP contribution >= 0.6 is 0 Å². The molecule has 3 rings (SSSR count). The van der Waals surface area contributed by atoms with E-state index in [1.54, 1.807) is 0 Å². The van der Waals surface area contributed by atoms with Gasteiger partial charge in [-0.3, -0.25) is 4.98 Å². The summed E-state index contributed by atoms with van der Waals surface area (Å²) >= 11 is 0. The van der Waals surface area contributed by atoms with Crippen LogP contribution in [0.4, 0.5) is 22.7 Å². The number of aromatic nitrogens is 1. The maximum atomic E-state index is 4.21. The molecule has 4 nitrogen and oxygen atoms in total. The molecule has 0 spiro atoms. The van der Waals surface area contributed by atoms with Crippen LogP contribution < -0.4 is 15.5 Å². The van der Waals surface area contributed by atoms with E-state index in [9.17, 15) is 0 Å². The molecule has 0 radical (unpaired) electrons. The lowest BCUT2D eigenvalue weighted by molar-refractivity contribution is 0.578. The van der Waals surface area contributed by atoms with E-state index in [2.05, 4.69) is 44.8 Å². The van der Waals surface area contributed by atoms with Gasteiger partial charge in [-0.25, -0.2) is 0 Å². The Hall–Kier alpha value is -2.23. The topological polar surface area (TPSA) is 40.2 Å². The van der Waals surface area contributed by atoms with E-state index < -0.39 is 0 Å². The Morgan fingerprint density at radius 2 is 1.62 bits per heavy atom. The van der Waals surface area contributed by atoms with Crippen LogP contribution in [0.15, 0.2) is 42.7 Å². The van der Waals surface area contributed by atoms with Gasteiger partial charge in [0, 0.05) is 31.5 Å². The number of nitrogens with zero attached hydrogens (tertiary/aromatic N) is 2. The Bertz CT molecular complexity index is 574. The quantitative estimate of drug-likeness (QED) is 0.893. The second kappa shape index (κ2) is 6.48. The average Bonchev–Trinajstić information content (AvgIpc) is 2.56. The summed E-state index contributed by atoms with van der Waals surface area (Å²) in [5.41, 5.74) is 4.41. The molecule has 21 heavy (non-hydrogen) atoms. The fourth-order valence-electron chi connectivity index (χ4n) is 2.72. The Morgan fingerprint density at radius 1 is 0.905 bits per heavy atom. The third-order valence-corrected chi connectivity index (χ3v) is 3.90. The summed E-state index contributed by atoms with van der Waals surface area (Å²) in [6, 6.07) is 10.7. The fourth-order valence-corrected chi connectivity index (χ4v) is 2.72. The lowest BCUT2D eigenvalue weighted by Gasteiger charge is -2.28. The normalized spacial score (nSPS) is 14.8. The molecule has 0 atom stereocenters. The first-order valence-electron chi connectivity index (χ1n) is 7.60. The van der Waals surface area contributed by atoms with Gasteiger partial charge < -0.3 is 15.5 Å². The van der Waals surface area contributed by atoms with Gasteiger partial charge >= 0.3 is 0 Å². The van der Waals surface area contributed by atoms with Gasteiger partial charge in [-0.15, -0.1) is 0 Å². The molecule has 1 aromatic heterocycles. The van der Waals surface area contributed by atoms with Gasteiger partial charge in [-0.1, -0.05) is 0 Å². The van der Waals surface area contributed by atoms with Gasteiger partial charge in [0.15, 0.2) is 0 Å². The molecule has 2 heterocycles. The highest BCUT2D eigenvalue weighted by atomic mass is 15.1. The Labute approximate surface area is 126 Å². The van der Waals surface area contributed by atoms with Crippen molar-refractivity contribution in [2.24, 2.45) is 0 Å². The summed E-state index contributed by atoms with van der Waals surface area (Å²) < 4.78 is 0. The predicted octanol–water partition coefficient (Wildman–Crippen LogP) is 3.86. The number of hydrogen-bond acceptors (Lipinski definition) is 4. The largest absolute Gasteiger partial charge is 0.387 e. The highest BCUT2D eigenvalue weighted by Gasteiger charge is 2.10. The standard InChI is InChI=1S/C17H22N4/c1-18-15-11-16(13-19-12-15)20-14-5-7-17(8-6-14)21-9-3-2-4-10-21/h5-8,11-13,18,20H,2-4,9-10H2,1H3. The lowest BCUT2D eigenvalue weighted by Crippen LogP contribution is -2.29. The van der Waals surface area contributed by atoms with Crippen LogP contribution in [0.1, 0.15) is 19.3 Å². The maximum absolute atomic E-state index is 4.21. The van der Waals surface area contributed by atoms with Crippen molar-refractivity contribution in [3.05, 3.63) is 42.7 Å². The minimum absolute atomic E-state index is 0.993. The van der Waals surface area contributed by atoms with Crippen LogP contribution in [0.3, 0.4) is 0 Å². The first-order valence-corrected chi connectivity index (χ1v) is 7.60. The molecule has 0 unspecified atom stereocenters. The molecule has 1 aliphatic rings. The van der Waals surface area contributed by atoms with Crippen molar-refractivity contribution in [3.8, 4) is 0 Å². The minimum atomic E-state index is 0.993. The number of rotatable bonds is 4. The lowest BCUT2D eigenvalue weighted by atomic mass is 10.1. The average molecular weight is 282 g/mol. The molecular formula is C17H22N4. The molecule has 4 heteroatoms. The molecule has 2 aromatic rings. The second-order valence-electron chi connectivity index (χ2n) is 5.43. The molecule has 110 valence electrons. The molecule has 2 N–H and O–H groups in total. The summed E-state index contributed by atoms with van der Waals surface area (Å²) in [7, 11) is 1.90. The van der Waals surface area contributed by atoms with E-state index in [1.165, 1.54) is 38.0 Å². The van der Waals surface area contributed by atoms with Crippen LogP contribution in [-0.2, 0) is 0 Å². The summed E-state index contributed by atoms with van der Waals surface area (Å²) in [6.07, 6.45) is 7.62. The van der Waals surface area contributed by atoms with Gasteiger partial charge in [-0.2, -0.15) is 0 Å². The number of hydrogen-bond donors (Lipinski definition) is 2. The zero-order valence-electron chi connectivity index (χ0n) is 12.5. The van der Waals surface area contributed by atoms with Crippen molar-refractivity contribution in [2.75, 3.05) is 35.7 Å². The van der Waals surface area contributed by atoms with Crippen LogP contribution in [0.25, 0.3) is 0 Å². The van der Waals surface area contributed by atoms with Crippen molar-refractivity contribution in [1.29, 1.82) is 0 Å². The zero-order valence-corrected chi connectivity index (χ0v) is 12.5. The first-order chi connectivity index (χ1) is 10.3. The number of anilines is 4. The fraction of sp³-hybridized carbons (Fsp3) is 0.353. The Morgan fingerprint density at radius 3 is 2.33 bits per heavy atom. The first kappa shape index (κ1) is 13.7.